The minimum Gasteiger partial charge on any atom is -0.344 e. The lowest BCUT2D eigenvalue weighted by Crippen LogP contribution is -2.51. The molecule has 0 bridgehead atoms. The molecule has 2 rings (SSSR count). The Morgan fingerprint density at radius 1 is 1.30 bits per heavy atom. The van der Waals surface area contributed by atoms with Gasteiger partial charge in [0, 0.05) is 38.5 Å². The summed E-state index contributed by atoms with van der Waals surface area (Å²) >= 11 is 0. The molecule has 0 aromatic heterocycles. The van der Waals surface area contributed by atoms with E-state index < -0.39 is 0 Å². The Morgan fingerprint density at radius 2 is 2.00 bits per heavy atom. The van der Waals surface area contributed by atoms with Gasteiger partial charge in [0.25, 0.3) is 0 Å². The highest BCUT2D eigenvalue weighted by Gasteiger charge is 2.24. The molecule has 0 radical (unpaired) electrons. The van der Waals surface area contributed by atoms with Crippen molar-refractivity contribution >= 4 is 11.9 Å². The summed E-state index contributed by atoms with van der Waals surface area (Å²) in [4.78, 5) is 25.3. The van der Waals surface area contributed by atoms with E-state index in [0.717, 1.165) is 0 Å². The van der Waals surface area contributed by atoms with Gasteiger partial charge < -0.3 is 15.5 Å². The van der Waals surface area contributed by atoms with Crippen molar-refractivity contribution in [3.63, 3.8) is 0 Å². The van der Waals surface area contributed by atoms with Gasteiger partial charge in [-0.3, -0.25) is 4.79 Å². The Labute approximate surface area is 138 Å². The van der Waals surface area contributed by atoms with Crippen molar-refractivity contribution < 1.29 is 9.59 Å². The smallest absolute Gasteiger partial charge is 0.315 e. The van der Waals surface area contributed by atoms with Crippen molar-refractivity contribution in [1.82, 2.24) is 15.5 Å². The van der Waals surface area contributed by atoms with Crippen molar-refractivity contribution in [2.24, 2.45) is 5.92 Å². The number of urea groups is 1. The molecule has 2 atom stereocenters. The third-order valence-corrected chi connectivity index (χ3v) is 4.48. The third-order valence-electron chi connectivity index (χ3n) is 4.48. The molecule has 1 heterocycles. The average Bonchev–Trinajstić information content (AvgIpc) is 2.52. The molecule has 2 N–H and O–H groups in total. The van der Waals surface area contributed by atoms with Gasteiger partial charge in [-0.2, -0.15) is 0 Å². The summed E-state index contributed by atoms with van der Waals surface area (Å²) in [5.41, 5.74) is 1.24. The highest BCUT2D eigenvalue weighted by atomic mass is 16.2. The Kier molecular flexibility index (Phi) is 6.02. The number of amides is 3. The second-order valence-corrected chi connectivity index (χ2v) is 6.63. The molecule has 1 aromatic rings. The quantitative estimate of drug-likeness (QED) is 0.875. The fourth-order valence-corrected chi connectivity index (χ4v) is 3.01. The van der Waals surface area contributed by atoms with E-state index in [1.54, 1.807) is 11.9 Å². The minimum atomic E-state index is -0.153. The number of benzene rings is 1. The van der Waals surface area contributed by atoms with E-state index >= 15 is 0 Å². The Bertz CT molecular complexity index is 530. The maximum absolute atomic E-state index is 12.1. The molecule has 5 heteroatoms. The fourth-order valence-electron chi connectivity index (χ4n) is 3.01. The first-order valence-corrected chi connectivity index (χ1v) is 8.30. The van der Waals surface area contributed by atoms with Crippen LogP contribution in [0.2, 0.25) is 0 Å². The monoisotopic (exact) mass is 317 g/mol. The van der Waals surface area contributed by atoms with Gasteiger partial charge in [0.1, 0.15) is 0 Å². The summed E-state index contributed by atoms with van der Waals surface area (Å²) in [6.45, 7) is 5.52. The molecule has 1 aliphatic rings. The molecule has 0 aliphatic carbocycles. The zero-order valence-electron chi connectivity index (χ0n) is 14.2. The average molecular weight is 317 g/mol. The first-order chi connectivity index (χ1) is 11.0. The summed E-state index contributed by atoms with van der Waals surface area (Å²) in [5.74, 6) is 0.876. The third kappa shape index (κ3) is 4.98. The lowest BCUT2D eigenvalue weighted by molar-refractivity contribution is -0.132. The Balaban J connectivity index is 1.84. The number of carbonyl (C=O) groups excluding carboxylic acids is 2. The van der Waals surface area contributed by atoms with Crippen molar-refractivity contribution in [2.75, 3.05) is 20.1 Å². The Morgan fingerprint density at radius 3 is 2.61 bits per heavy atom. The van der Waals surface area contributed by atoms with E-state index in [1.165, 1.54) is 5.56 Å². The Hall–Kier alpha value is -2.04. The van der Waals surface area contributed by atoms with Gasteiger partial charge in [0.15, 0.2) is 0 Å². The SMILES string of the molecule is CC(C)C(CNC(=O)NC1CCC(=O)N(C)C1)c1ccccc1. The predicted molar refractivity (Wildman–Crippen MR) is 91.2 cm³/mol. The van der Waals surface area contributed by atoms with Gasteiger partial charge in [0.05, 0.1) is 0 Å². The minimum absolute atomic E-state index is 0.0342. The highest BCUT2D eigenvalue weighted by Crippen LogP contribution is 2.23. The molecule has 23 heavy (non-hydrogen) atoms. The largest absolute Gasteiger partial charge is 0.344 e. The van der Waals surface area contributed by atoms with Crippen LogP contribution in [-0.4, -0.2) is 43.0 Å². The maximum Gasteiger partial charge on any atom is 0.315 e. The summed E-state index contributed by atoms with van der Waals surface area (Å²) < 4.78 is 0. The summed E-state index contributed by atoms with van der Waals surface area (Å²) in [6.07, 6.45) is 1.21. The number of carbonyl (C=O) groups is 2. The van der Waals surface area contributed by atoms with E-state index in [4.69, 9.17) is 0 Å². The molecular formula is C18H27N3O2. The number of rotatable bonds is 5. The summed E-state index contributed by atoms with van der Waals surface area (Å²) in [5, 5.41) is 5.95. The fraction of sp³-hybridized carbons (Fsp3) is 0.556. The molecule has 2 unspecified atom stereocenters. The summed E-state index contributed by atoms with van der Waals surface area (Å²) in [7, 11) is 1.78. The van der Waals surface area contributed by atoms with E-state index in [2.05, 4.69) is 36.6 Å². The van der Waals surface area contributed by atoms with E-state index in [0.29, 0.717) is 31.8 Å². The molecule has 0 spiro atoms. The van der Waals surface area contributed by atoms with Gasteiger partial charge in [-0.1, -0.05) is 44.2 Å². The molecule has 1 fully saturated rings. The standard InChI is InChI=1S/C18H27N3O2/c1-13(2)16(14-7-5-4-6-8-14)11-19-18(23)20-15-9-10-17(22)21(3)12-15/h4-8,13,15-16H,9-12H2,1-3H3,(H2,19,20,23). The number of likely N-dealkylation sites (tertiary alicyclic amines) is 1. The number of likely N-dealkylation sites (N-methyl/N-ethyl adjacent to an activating group) is 1. The van der Waals surface area contributed by atoms with Crippen LogP contribution < -0.4 is 10.6 Å². The lowest BCUT2D eigenvalue weighted by Gasteiger charge is -2.30. The van der Waals surface area contributed by atoms with Crippen molar-refractivity contribution in [3.8, 4) is 0 Å². The van der Waals surface area contributed by atoms with Gasteiger partial charge >= 0.3 is 6.03 Å². The van der Waals surface area contributed by atoms with E-state index in [1.807, 2.05) is 18.2 Å². The molecule has 126 valence electrons. The predicted octanol–water partition coefficient (Wildman–Crippen LogP) is 2.35. The van der Waals surface area contributed by atoms with Crippen LogP contribution in [0.3, 0.4) is 0 Å². The van der Waals surface area contributed by atoms with Crippen molar-refractivity contribution in [2.45, 2.75) is 38.6 Å². The van der Waals surface area contributed by atoms with Crippen LogP contribution in [0.25, 0.3) is 0 Å². The number of nitrogens with zero attached hydrogens (tertiary/aromatic N) is 1. The number of piperidine rings is 1. The molecule has 1 saturated heterocycles. The zero-order valence-corrected chi connectivity index (χ0v) is 14.2. The second kappa shape index (κ2) is 7.99. The maximum atomic E-state index is 12.1. The zero-order chi connectivity index (χ0) is 16.8. The van der Waals surface area contributed by atoms with E-state index in [9.17, 15) is 9.59 Å². The van der Waals surface area contributed by atoms with Crippen LogP contribution in [0.1, 0.15) is 38.2 Å². The highest BCUT2D eigenvalue weighted by molar-refractivity contribution is 5.78. The molecule has 3 amide bonds. The van der Waals surface area contributed by atoms with E-state index in [-0.39, 0.29) is 23.9 Å². The molecule has 1 aromatic carbocycles. The van der Waals surface area contributed by atoms with Crippen LogP contribution in [0.5, 0.6) is 0 Å². The van der Waals surface area contributed by atoms with Crippen LogP contribution >= 0.6 is 0 Å². The first-order valence-electron chi connectivity index (χ1n) is 8.30. The summed E-state index contributed by atoms with van der Waals surface area (Å²) in [6, 6.07) is 10.1. The lowest BCUT2D eigenvalue weighted by atomic mass is 9.88. The molecular weight excluding hydrogens is 290 g/mol. The van der Waals surface area contributed by atoms with Crippen LogP contribution in [0.4, 0.5) is 4.79 Å². The van der Waals surface area contributed by atoms with Crippen LogP contribution in [0.15, 0.2) is 30.3 Å². The van der Waals surface area contributed by atoms with Crippen LogP contribution in [0, 0.1) is 5.92 Å². The number of hydrogen-bond acceptors (Lipinski definition) is 2. The van der Waals surface area contributed by atoms with Crippen molar-refractivity contribution in [3.05, 3.63) is 35.9 Å². The van der Waals surface area contributed by atoms with Crippen LogP contribution in [-0.2, 0) is 4.79 Å². The molecule has 0 saturated carbocycles. The number of hydrogen-bond donors (Lipinski definition) is 2. The second-order valence-electron chi connectivity index (χ2n) is 6.63. The topological polar surface area (TPSA) is 61.4 Å². The van der Waals surface area contributed by atoms with Gasteiger partial charge in [-0.15, -0.1) is 0 Å². The molecule has 1 aliphatic heterocycles. The molecule has 5 nitrogen and oxygen atoms in total. The van der Waals surface area contributed by atoms with Gasteiger partial charge in [0.2, 0.25) is 5.91 Å². The van der Waals surface area contributed by atoms with Gasteiger partial charge in [-0.25, -0.2) is 4.79 Å². The van der Waals surface area contributed by atoms with Crippen molar-refractivity contribution in [1.29, 1.82) is 0 Å². The normalized spacial score (nSPS) is 19.6. The van der Waals surface area contributed by atoms with Gasteiger partial charge in [-0.05, 0) is 17.9 Å². The first kappa shape index (κ1) is 17.3. The number of nitrogens with one attached hydrogen (secondary N) is 2.